The number of aliphatic hydroxyl groups is 1. The smallest absolute Gasteiger partial charge is 0.382 e. The highest BCUT2D eigenvalue weighted by Crippen LogP contribution is 2.29. The van der Waals surface area contributed by atoms with Crippen LogP contribution in [-0.2, 0) is 13.1 Å². The van der Waals surface area contributed by atoms with Gasteiger partial charge in [0, 0.05) is 17.1 Å². The predicted molar refractivity (Wildman–Crippen MR) is 140 cm³/mol. The van der Waals surface area contributed by atoms with Crippen LogP contribution in [0.4, 0.5) is 13.2 Å². The second kappa shape index (κ2) is 11.1. The third-order valence-electron chi connectivity index (χ3n) is 6.30. The van der Waals surface area contributed by atoms with Crippen molar-refractivity contribution in [1.29, 1.82) is 0 Å². The van der Waals surface area contributed by atoms with Crippen molar-refractivity contribution >= 4 is 29.1 Å². The maximum Gasteiger partial charge on any atom is 0.416 e. The SMILES string of the molecule is O=C(NCC1CC1)c1cccc(Cl)c1-n1cnc(Cn2nc(-c3ccc(Cl)cc3)n(C[C@H](O)C(F)(F)F)c2=O)n1. The molecule has 1 aliphatic rings. The minimum absolute atomic E-state index is 0.0787. The van der Waals surface area contributed by atoms with E-state index >= 15 is 0 Å². The van der Waals surface area contributed by atoms with Crippen molar-refractivity contribution in [2.24, 2.45) is 5.92 Å². The molecule has 210 valence electrons. The van der Waals surface area contributed by atoms with Gasteiger partial charge in [0.05, 0.1) is 22.8 Å². The lowest BCUT2D eigenvalue weighted by atomic mass is 10.1. The molecule has 0 radical (unpaired) electrons. The highest BCUT2D eigenvalue weighted by Gasteiger charge is 2.39. The van der Waals surface area contributed by atoms with Crippen molar-refractivity contribution in [3.63, 3.8) is 0 Å². The molecule has 4 aromatic rings. The number of hydrogen-bond donors (Lipinski definition) is 2. The van der Waals surface area contributed by atoms with Crippen LogP contribution in [-0.4, -0.2) is 59.0 Å². The molecule has 1 fully saturated rings. The zero-order valence-electron chi connectivity index (χ0n) is 20.6. The molecular formula is C25H22Cl2F3N7O3. The van der Waals surface area contributed by atoms with Gasteiger partial charge in [-0.3, -0.25) is 9.36 Å². The van der Waals surface area contributed by atoms with Crippen molar-refractivity contribution in [2.45, 2.75) is 38.2 Å². The first-order chi connectivity index (χ1) is 19.0. The molecule has 1 atom stereocenters. The zero-order valence-corrected chi connectivity index (χ0v) is 22.2. The first kappa shape index (κ1) is 27.9. The van der Waals surface area contributed by atoms with Crippen LogP contribution in [0.1, 0.15) is 29.0 Å². The van der Waals surface area contributed by atoms with Gasteiger partial charge >= 0.3 is 11.9 Å². The Kier molecular flexibility index (Phi) is 7.71. The Morgan fingerprint density at radius 3 is 2.52 bits per heavy atom. The molecule has 0 unspecified atom stereocenters. The Labute approximate surface area is 235 Å². The predicted octanol–water partition coefficient (Wildman–Crippen LogP) is 3.71. The van der Waals surface area contributed by atoms with Gasteiger partial charge in [-0.25, -0.2) is 19.1 Å². The molecule has 0 bridgehead atoms. The Hall–Kier alpha value is -3.68. The van der Waals surface area contributed by atoms with Crippen LogP contribution in [0.5, 0.6) is 0 Å². The summed E-state index contributed by atoms with van der Waals surface area (Å²) < 4.78 is 42.2. The molecule has 40 heavy (non-hydrogen) atoms. The molecule has 15 heteroatoms. The monoisotopic (exact) mass is 595 g/mol. The van der Waals surface area contributed by atoms with E-state index in [2.05, 4.69) is 20.5 Å². The molecule has 1 amide bonds. The maximum absolute atomic E-state index is 13.1. The Morgan fingerprint density at radius 2 is 1.85 bits per heavy atom. The van der Waals surface area contributed by atoms with Crippen LogP contribution in [0.3, 0.4) is 0 Å². The third-order valence-corrected chi connectivity index (χ3v) is 6.85. The van der Waals surface area contributed by atoms with Crippen molar-refractivity contribution in [1.82, 2.24) is 34.4 Å². The lowest BCUT2D eigenvalue weighted by Crippen LogP contribution is -2.37. The first-order valence-corrected chi connectivity index (χ1v) is 12.9. The van der Waals surface area contributed by atoms with Gasteiger partial charge in [0.25, 0.3) is 5.91 Å². The van der Waals surface area contributed by atoms with Gasteiger partial charge in [0.2, 0.25) is 0 Å². The topological polar surface area (TPSA) is 120 Å². The fraction of sp³-hybridized carbons (Fsp3) is 0.320. The van der Waals surface area contributed by atoms with E-state index in [1.165, 1.54) is 35.3 Å². The Bertz CT molecular complexity index is 1590. The minimum atomic E-state index is -4.95. The molecule has 1 aliphatic carbocycles. The summed E-state index contributed by atoms with van der Waals surface area (Å²) in [4.78, 5) is 30.1. The van der Waals surface area contributed by atoms with Crippen LogP contribution in [0.15, 0.2) is 53.6 Å². The molecular weight excluding hydrogens is 574 g/mol. The van der Waals surface area contributed by atoms with E-state index in [4.69, 9.17) is 23.2 Å². The number of rotatable bonds is 9. The number of halogens is 5. The number of hydrogen-bond acceptors (Lipinski definition) is 6. The standard InChI is InChI=1S/C25H22Cl2F3N7O3/c26-16-8-6-15(7-9-16)22-34-36(24(40)35(22)11-19(38)25(28,29)30)12-20-32-13-37(33-20)21-17(2-1-3-18(21)27)23(39)31-10-14-4-5-14/h1-3,6-9,13-14,19,38H,4-5,10-12H2,(H,31,39)/t19-/m0/s1. The second-order valence-electron chi connectivity index (χ2n) is 9.33. The summed E-state index contributed by atoms with van der Waals surface area (Å²) in [5, 5.41) is 21.7. The number of alkyl halides is 3. The average Bonchev–Trinajstić information content (AvgIpc) is 3.56. The largest absolute Gasteiger partial charge is 0.416 e. The Morgan fingerprint density at radius 1 is 1.12 bits per heavy atom. The maximum atomic E-state index is 13.1. The van der Waals surface area contributed by atoms with Gasteiger partial charge < -0.3 is 10.4 Å². The molecule has 5 rings (SSSR count). The summed E-state index contributed by atoms with van der Waals surface area (Å²) in [5.41, 5.74) is -0.0463. The van der Waals surface area contributed by atoms with Gasteiger partial charge in [-0.05, 0) is 55.2 Å². The summed E-state index contributed by atoms with van der Waals surface area (Å²) in [6, 6.07) is 10.8. The number of aliphatic hydroxyl groups excluding tert-OH is 1. The van der Waals surface area contributed by atoms with E-state index in [0.717, 1.165) is 22.1 Å². The van der Waals surface area contributed by atoms with Crippen molar-refractivity contribution in [3.05, 3.63) is 80.7 Å². The zero-order chi connectivity index (χ0) is 28.6. The second-order valence-corrected chi connectivity index (χ2v) is 10.2. The van der Waals surface area contributed by atoms with Crippen LogP contribution < -0.4 is 11.0 Å². The number of aromatic nitrogens is 6. The van der Waals surface area contributed by atoms with Gasteiger partial charge in [0.1, 0.15) is 12.9 Å². The number of nitrogens with one attached hydrogen (secondary N) is 1. The van der Waals surface area contributed by atoms with Crippen LogP contribution in [0.2, 0.25) is 10.0 Å². The Balaban J connectivity index is 1.46. The molecule has 10 nitrogen and oxygen atoms in total. The molecule has 0 aliphatic heterocycles. The molecule has 0 saturated heterocycles. The van der Waals surface area contributed by atoms with Crippen molar-refractivity contribution < 1.29 is 23.1 Å². The number of para-hydroxylation sites is 1. The highest BCUT2D eigenvalue weighted by molar-refractivity contribution is 6.33. The minimum Gasteiger partial charge on any atom is -0.382 e. The molecule has 2 aromatic heterocycles. The summed E-state index contributed by atoms with van der Waals surface area (Å²) in [5.74, 6) is 0.116. The lowest BCUT2D eigenvalue weighted by Gasteiger charge is -2.15. The van der Waals surface area contributed by atoms with E-state index in [9.17, 15) is 27.9 Å². The summed E-state index contributed by atoms with van der Waals surface area (Å²) >= 11 is 12.3. The molecule has 1 saturated carbocycles. The van der Waals surface area contributed by atoms with E-state index in [0.29, 0.717) is 23.0 Å². The van der Waals surface area contributed by atoms with Crippen LogP contribution in [0.25, 0.3) is 17.1 Å². The summed E-state index contributed by atoms with van der Waals surface area (Å²) in [6.07, 6.45) is -4.30. The molecule has 0 spiro atoms. The molecule has 2 heterocycles. The van der Waals surface area contributed by atoms with Gasteiger partial charge in [-0.15, -0.1) is 10.2 Å². The third kappa shape index (κ3) is 6.06. The van der Waals surface area contributed by atoms with Gasteiger partial charge in [0.15, 0.2) is 17.8 Å². The highest BCUT2D eigenvalue weighted by atomic mass is 35.5. The van der Waals surface area contributed by atoms with Gasteiger partial charge in [-0.1, -0.05) is 29.3 Å². The number of nitrogens with zero attached hydrogens (tertiary/aromatic N) is 6. The summed E-state index contributed by atoms with van der Waals surface area (Å²) in [7, 11) is 0. The first-order valence-electron chi connectivity index (χ1n) is 12.2. The molecule has 2 aromatic carbocycles. The number of amides is 1. The average molecular weight is 596 g/mol. The fourth-order valence-electron chi connectivity index (χ4n) is 3.99. The van der Waals surface area contributed by atoms with E-state index < -0.39 is 24.5 Å². The van der Waals surface area contributed by atoms with Crippen molar-refractivity contribution in [2.75, 3.05) is 6.54 Å². The van der Waals surface area contributed by atoms with Gasteiger partial charge in [-0.2, -0.15) is 13.2 Å². The van der Waals surface area contributed by atoms with Crippen molar-refractivity contribution in [3.8, 4) is 17.1 Å². The number of benzene rings is 2. The lowest BCUT2D eigenvalue weighted by molar-refractivity contribution is -0.207. The quantitative estimate of drug-likeness (QED) is 0.304. The fourth-order valence-corrected chi connectivity index (χ4v) is 4.38. The van der Waals surface area contributed by atoms with E-state index in [1.54, 1.807) is 18.2 Å². The van der Waals surface area contributed by atoms with Crippen LogP contribution >= 0.6 is 23.2 Å². The van der Waals surface area contributed by atoms with E-state index in [-0.39, 0.29) is 40.4 Å². The van der Waals surface area contributed by atoms with Crippen LogP contribution in [0, 0.1) is 5.92 Å². The van der Waals surface area contributed by atoms with E-state index in [1.807, 2.05) is 0 Å². The normalized spacial score (nSPS) is 14.3. The number of carbonyl (C=O) groups is 1. The number of carbonyl (C=O) groups excluding carboxylic acids is 1. The summed E-state index contributed by atoms with van der Waals surface area (Å²) in [6.45, 7) is -0.825. The molecule has 2 N–H and O–H groups in total.